The van der Waals surface area contributed by atoms with E-state index in [1.165, 1.54) is 43.2 Å². The number of rotatable bonds is 3. The molecule has 2 saturated carbocycles. The maximum atomic E-state index is 11.8. The van der Waals surface area contributed by atoms with Gasteiger partial charge in [-0.05, 0) is 110 Å². The molecule has 2 heterocycles. The zero-order valence-corrected chi connectivity index (χ0v) is 20.2. The van der Waals surface area contributed by atoms with Crippen LogP contribution in [-0.2, 0) is 4.79 Å². The van der Waals surface area contributed by atoms with Gasteiger partial charge in [0.25, 0.3) is 0 Å². The van der Waals surface area contributed by atoms with E-state index in [0.717, 1.165) is 50.0 Å². The van der Waals surface area contributed by atoms with Crippen molar-refractivity contribution >= 4 is 11.5 Å². The predicted molar refractivity (Wildman–Crippen MR) is 130 cm³/mol. The van der Waals surface area contributed by atoms with E-state index in [1.807, 2.05) is 6.20 Å². The maximum absolute atomic E-state index is 11.8. The molecular formula is C29H38N2O2. The summed E-state index contributed by atoms with van der Waals surface area (Å²) >= 11 is 0. The third-order valence-corrected chi connectivity index (χ3v) is 10.7. The van der Waals surface area contributed by atoms with Crippen molar-refractivity contribution in [1.82, 2.24) is 9.88 Å². The lowest BCUT2D eigenvalue weighted by atomic mass is 9.47. The van der Waals surface area contributed by atoms with Gasteiger partial charge in [-0.15, -0.1) is 0 Å². The first kappa shape index (κ1) is 21.6. The molecule has 5 aliphatic rings. The van der Waals surface area contributed by atoms with Crippen molar-refractivity contribution in [3.05, 3.63) is 47.8 Å². The number of aliphatic carboxylic acids is 1. The molecule has 176 valence electrons. The van der Waals surface area contributed by atoms with Crippen molar-refractivity contribution in [2.24, 2.45) is 28.6 Å². The molecule has 1 aromatic heterocycles. The minimum atomic E-state index is -0.622. The first-order chi connectivity index (χ1) is 15.9. The Hall–Kier alpha value is -1.94. The molecule has 4 aliphatic carbocycles. The zero-order valence-electron chi connectivity index (χ0n) is 20.2. The summed E-state index contributed by atoms with van der Waals surface area (Å²) in [5.41, 5.74) is 5.08. The molecule has 4 nitrogen and oxygen atoms in total. The minimum Gasteiger partial charge on any atom is -0.480 e. The Morgan fingerprint density at radius 3 is 2.73 bits per heavy atom. The van der Waals surface area contributed by atoms with Gasteiger partial charge in [0.15, 0.2) is 0 Å². The Morgan fingerprint density at radius 1 is 1.09 bits per heavy atom. The summed E-state index contributed by atoms with van der Waals surface area (Å²) in [6.07, 6.45) is 19.4. The second kappa shape index (κ2) is 7.80. The van der Waals surface area contributed by atoms with Crippen LogP contribution in [0.5, 0.6) is 0 Å². The smallest absolute Gasteiger partial charge is 0.320 e. The van der Waals surface area contributed by atoms with E-state index < -0.39 is 5.97 Å². The third kappa shape index (κ3) is 3.20. The summed E-state index contributed by atoms with van der Waals surface area (Å²) in [4.78, 5) is 18.5. The van der Waals surface area contributed by atoms with Gasteiger partial charge in [0.05, 0.1) is 0 Å². The number of pyridine rings is 1. The van der Waals surface area contributed by atoms with Crippen LogP contribution >= 0.6 is 0 Å². The van der Waals surface area contributed by atoms with E-state index in [4.69, 9.17) is 0 Å². The molecule has 0 spiro atoms. The third-order valence-electron chi connectivity index (χ3n) is 10.7. The largest absolute Gasteiger partial charge is 0.480 e. The maximum Gasteiger partial charge on any atom is 0.320 e. The van der Waals surface area contributed by atoms with Crippen LogP contribution in [0.15, 0.2) is 42.3 Å². The van der Waals surface area contributed by atoms with Crippen LogP contribution in [0.4, 0.5) is 0 Å². The van der Waals surface area contributed by atoms with Gasteiger partial charge in [0.2, 0.25) is 0 Å². The number of allylic oxidation sites excluding steroid dienone is 3. The van der Waals surface area contributed by atoms with Crippen molar-refractivity contribution < 1.29 is 9.90 Å². The average molecular weight is 447 g/mol. The van der Waals surface area contributed by atoms with E-state index >= 15 is 0 Å². The van der Waals surface area contributed by atoms with Gasteiger partial charge in [-0.25, -0.2) is 0 Å². The molecule has 1 N–H and O–H groups in total. The quantitative estimate of drug-likeness (QED) is 0.583. The number of hydrogen-bond acceptors (Lipinski definition) is 3. The van der Waals surface area contributed by atoms with Crippen molar-refractivity contribution in [3.63, 3.8) is 0 Å². The Morgan fingerprint density at radius 2 is 1.94 bits per heavy atom. The molecule has 0 bridgehead atoms. The van der Waals surface area contributed by atoms with Crippen molar-refractivity contribution in [2.75, 3.05) is 6.54 Å². The average Bonchev–Trinajstić information content (AvgIpc) is 3.44. The number of carbonyl (C=O) groups is 1. The number of aromatic nitrogens is 1. The number of carboxylic acid groups (broad SMARTS) is 1. The van der Waals surface area contributed by atoms with Crippen molar-refractivity contribution in [2.45, 2.75) is 83.7 Å². The molecule has 3 fully saturated rings. The standard InChI is InChI=1S/C29H38N2O2/c1-28-13-11-21(31-16-4-6-26(31)27(32)33)17-20(28)7-8-22-24-10-9-23(19-5-3-15-30-18-19)29(24,2)14-12-25(22)28/h3,5,7,9,15,18,21-22,24-26H,4,6,8,10-14,16-17H2,1-2H3,(H,32,33)/t21-,22-,24-,25-,26-,28-,29+/m0/s1. The second-order valence-electron chi connectivity index (χ2n) is 11.9. The summed E-state index contributed by atoms with van der Waals surface area (Å²) in [6.45, 7) is 6.04. The fourth-order valence-electron chi connectivity index (χ4n) is 8.95. The lowest BCUT2D eigenvalue weighted by Crippen LogP contribution is -2.52. The Labute approximate surface area is 198 Å². The number of likely N-dealkylation sites (tertiary alicyclic amines) is 1. The molecule has 7 atom stereocenters. The van der Waals surface area contributed by atoms with Gasteiger partial charge >= 0.3 is 5.97 Å². The van der Waals surface area contributed by atoms with Crippen LogP contribution in [0.2, 0.25) is 0 Å². The van der Waals surface area contributed by atoms with Gasteiger partial charge in [-0.3, -0.25) is 14.7 Å². The van der Waals surface area contributed by atoms with Crippen LogP contribution in [0.3, 0.4) is 0 Å². The Bertz CT molecular complexity index is 1000. The molecule has 1 aliphatic heterocycles. The van der Waals surface area contributed by atoms with Gasteiger partial charge in [0, 0.05) is 18.4 Å². The molecule has 0 amide bonds. The molecule has 4 heteroatoms. The van der Waals surface area contributed by atoms with Gasteiger partial charge in [-0.1, -0.05) is 37.6 Å². The van der Waals surface area contributed by atoms with E-state index in [9.17, 15) is 9.90 Å². The predicted octanol–water partition coefficient (Wildman–Crippen LogP) is 5.96. The highest BCUT2D eigenvalue weighted by Gasteiger charge is 2.57. The van der Waals surface area contributed by atoms with E-state index in [2.05, 4.69) is 54.2 Å². The normalized spacial score (nSPS) is 42.7. The minimum absolute atomic E-state index is 0.262. The topological polar surface area (TPSA) is 53.4 Å². The SMILES string of the molecule is C[C@]12CC[C@H](N3CCC[C@H]3C(=O)O)CC1=CC[C@@H]1[C@@H]2CC[C@]2(C)C(c3cccnc3)=CC[C@@H]12. The summed E-state index contributed by atoms with van der Waals surface area (Å²) in [6, 6.07) is 4.47. The highest BCUT2D eigenvalue weighted by molar-refractivity contribution is 5.74. The second-order valence-corrected chi connectivity index (χ2v) is 11.9. The summed E-state index contributed by atoms with van der Waals surface area (Å²) in [5, 5.41) is 9.70. The van der Waals surface area contributed by atoms with Gasteiger partial charge < -0.3 is 5.11 Å². The van der Waals surface area contributed by atoms with E-state index in [0.29, 0.717) is 11.5 Å². The first-order valence-corrected chi connectivity index (χ1v) is 13.2. The molecule has 1 saturated heterocycles. The Kier molecular flexibility index (Phi) is 5.10. The first-order valence-electron chi connectivity index (χ1n) is 13.2. The van der Waals surface area contributed by atoms with Crippen molar-refractivity contribution in [1.29, 1.82) is 0 Å². The summed E-state index contributed by atoms with van der Waals surface area (Å²) < 4.78 is 0. The van der Waals surface area contributed by atoms with E-state index in [1.54, 1.807) is 5.57 Å². The van der Waals surface area contributed by atoms with Crippen LogP contribution in [0.25, 0.3) is 5.57 Å². The van der Waals surface area contributed by atoms with Crippen LogP contribution in [-0.4, -0.2) is 39.6 Å². The summed E-state index contributed by atoms with van der Waals surface area (Å²) in [7, 11) is 0. The molecule has 0 unspecified atom stereocenters. The van der Waals surface area contributed by atoms with Crippen LogP contribution < -0.4 is 0 Å². The Balaban J connectivity index is 1.24. The molecule has 0 aromatic carbocycles. The van der Waals surface area contributed by atoms with Crippen LogP contribution in [0, 0.1) is 28.6 Å². The lowest BCUT2D eigenvalue weighted by Gasteiger charge is -2.58. The highest BCUT2D eigenvalue weighted by atomic mass is 16.4. The number of hydrogen-bond donors (Lipinski definition) is 1. The van der Waals surface area contributed by atoms with Crippen molar-refractivity contribution in [3.8, 4) is 0 Å². The molecule has 33 heavy (non-hydrogen) atoms. The molecular weight excluding hydrogens is 408 g/mol. The van der Waals surface area contributed by atoms with E-state index in [-0.39, 0.29) is 11.5 Å². The number of fused-ring (bicyclic) bond motifs is 5. The molecule has 1 aromatic rings. The fourth-order valence-corrected chi connectivity index (χ4v) is 8.95. The van der Waals surface area contributed by atoms with Gasteiger partial charge in [0.1, 0.15) is 6.04 Å². The number of nitrogens with zero attached hydrogens (tertiary/aromatic N) is 2. The molecule has 6 rings (SSSR count). The molecule has 0 radical (unpaired) electrons. The van der Waals surface area contributed by atoms with Gasteiger partial charge in [-0.2, -0.15) is 0 Å². The highest BCUT2D eigenvalue weighted by Crippen LogP contribution is 2.66. The zero-order chi connectivity index (χ0) is 22.8. The monoisotopic (exact) mass is 446 g/mol. The number of carboxylic acids is 1. The lowest BCUT2D eigenvalue weighted by molar-refractivity contribution is -0.143. The fraction of sp³-hybridized carbons (Fsp3) is 0.655. The van der Waals surface area contributed by atoms with Crippen LogP contribution in [0.1, 0.15) is 77.2 Å². The summed E-state index contributed by atoms with van der Waals surface area (Å²) in [5.74, 6) is 1.64.